The summed E-state index contributed by atoms with van der Waals surface area (Å²) in [6, 6.07) is 6.57. The van der Waals surface area contributed by atoms with E-state index in [1.54, 1.807) is 31.2 Å². The monoisotopic (exact) mass is 392 g/mol. The van der Waals surface area contributed by atoms with Crippen LogP contribution in [0.3, 0.4) is 0 Å². The van der Waals surface area contributed by atoms with Crippen LogP contribution in [0.25, 0.3) is 11.1 Å². The Labute approximate surface area is 159 Å². The van der Waals surface area contributed by atoms with Crippen LogP contribution in [-0.2, 0) is 0 Å². The fourth-order valence-electron chi connectivity index (χ4n) is 2.38. The number of methoxy groups -OCH3 is 1. The number of anilines is 2. The Balaban J connectivity index is 1.93. The second-order valence-electron chi connectivity index (χ2n) is 5.37. The fourth-order valence-corrected chi connectivity index (χ4v) is 2.87. The quantitative estimate of drug-likeness (QED) is 0.689. The molecule has 26 heavy (non-hydrogen) atoms. The molecule has 3 N–H and O–H groups in total. The van der Waals surface area contributed by atoms with Gasteiger partial charge in [-0.15, -0.1) is 0 Å². The number of hydrogen-bond donors (Lipinski definition) is 2. The number of benzene rings is 1. The van der Waals surface area contributed by atoms with Crippen molar-refractivity contribution >= 4 is 40.7 Å². The molecule has 9 heteroatoms. The molecule has 2 aromatic heterocycles. The van der Waals surface area contributed by atoms with Crippen LogP contribution in [-0.4, -0.2) is 23.2 Å². The van der Waals surface area contributed by atoms with E-state index >= 15 is 0 Å². The number of ether oxygens (including phenoxy) is 1. The number of nitrogen functional groups attached to an aromatic ring is 1. The average molecular weight is 393 g/mol. The van der Waals surface area contributed by atoms with E-state index in [9.17, 15) is 4.79 Å². The van der Waals surface area contributed by atoms with E-state index in [0.29, 0.717) is 38.2 Å². The molecule has 1 aromatic carbocycles. The first-order chi connectivity index (χ1) is 12.4. The number of nitrogens with one attached hydrogen (secondary N) is 1. The molecule has 2 heterocycles. The van der Waals surface area contributed by atoms with E-state index < -0.39 is 5.91 Å². The maximum atomic E-state index is 12.2. The number of hydrogen-bond acceptors (Lipinski definition) is 6. The van der Waals surface area contributed by atoms with Gasteiger partial charge in [0.05, 0.1) is 17.8 Å². The first-order valence-electron chi connectivity index (χ1n) is 7.43. The molecule has 7 nitrogen and oxygen atoms in total. The van der Waals surface area contributed by atoms with E-state index in [-0.39, 0.29) is 11.6 Å². The Morgan fingerprint density at radius 2 is 2.04 bits per heavy atom. The minimum atomic E-state index is -0.397. The highest BCUT2D eigenvalue weighted by atomic mass is 35.5. The Morgan fingerprint density at radius 1 is 1.27 bits per heavy atom. The van der Waals surface area contributed by atoms with Gasteiger partial charge in [-0.3, -0.25) is 4.79 Å². The van der Waals surface area contributed by atoms with E-state index in [4.69, 9.17) is 38.2 Å². The third-order valence-electron chi connectivity index (χ3n) is 3.68. The predicted octanol–water partition coefficient (Wildman–Crippen LogP) is 4.19. The van der Waals surface area contributed by atoms with E-state index in [1.807, 2.05) is 0 Å². The van der Waals surface area contributed by atoms with E-state index in [2.05, 4.69) is 15.5 Å². The lowest BCUT2D eigenvalue weighted by Crippen LogP contribution is -2.14. The fraction of sp³-hybridized carbons (Fsp3) is 0.118. The van der Waals surface area contributed by atoms with E-state index in [0.717, 1.165) is 0 Å². The highest BCUT2D eigenvalue weighted by molar-refractivity contribution is 6.37. The summed E-state index contributed by atoms with van der Waals surface area (Å²) < 4.78 is 9.96. The Kier molecular flexibility index (Phi) is 5.01. The molecule has 0 spiro atoms. The number of aryl methyl sites for hydroxylation is 1. The molecule has 3 aromatic rings. The second-order valence-corrected chi connectivity index (χ2v) is 6.18. The number of carbonyl (C=O) groups excluding carboxylic acids is 1. The Hall–Kier alpha value is -2.77. The van der Waals surface area contributed by atoms with Gasteiger partial charge in [0.25, 0.3) is 5.91 Å². The molecule has 0 bridgehead atoms. The zero-order valence-electron chi connectivity index (χ0n) is 13.8. The first-order valence-corrected chi connectivity index (χ1v) is 8.18. The molecule has 0 aliphatic carbocycles. The van der Waals surface area contributed by atoms with Gasteiger partial charge in [0, 0.05) is 22.2 Å². The van der Waals surface area contributed by atoms with Crippen molar-refractivity contribution in [3.8, 4) is 16.9 Å². The molecule has 0 atom stereocenters. The predicted molar refractivity (Wildman–Crippen MR) is 99.9 cm³/mol. The number of halogens is 2. The van der Waals surface area contributed by atoms with Crippen LogP contribution in [0, 0.1) is 6.92 Å². The van der Waals surface area contributed by atoms with Gasteiger partial charge in [-0.05, 0) is 25.1 Å². The topological polar surface area (TPSA) is 103 Å². The molecule has 3 rings (SSSR count). The molecular weight excluding hydrogens is 379 g/mol. The molecule has 1 amide bonds. The highest BCUT2D eigenvalue weighted by Gasteiger charge is 2.17. The standard InChI is InChI=1S/C17H14Cl2N4O3/c1-8-12(7-26-23-8)17(24)22-14-4-3-10(16(20)21-14)11-5-9(18)6-13(25-2)15(11)19/h3-7H,1-2H3,(H3,20,21,22,24). The third-order valence-corrected chi connectivity index (χ3v) is 4.28. The first kappa shape index (κ1) is 18.0. The van der Waals surface area contributed by atoms with Crippen molar-refractivity contribution in [1.82, 2.24) is 10.1 Å². The minimum absolute atomic E-state index is 0.177. The zero-order chi connectivity index (χ0) is 18.8. The van der Waals surface area contributed by atoms with Crippen LogP contribution in [0.15, 0.2) is 35.1 Å². The van der Waals surface area contributed by atoms with Gasteiger partial charge in [-0.1, -0.05) is 28.4 Å². The van der Waals surface area contributed by atoms with Crippen LogP contribution in [0.4, 0.5) is 11.6 Å². The smallest absolute Gasteiger partial charge is 0.262 e. The van der Waals surface area contributed by atoms with Gasteiger partial charge in [-0.25, -0.2) is 4.98 Å². The van der Waals surface area contributed by atoms with Crippen molar-refractivity contribution in [1.29, 1.82) is 0 Å². The van der Waals surface area contributed by atoms with Gasteiger partial charge >= 0.3 is 0 Å². The molecule has 0 fully saturated rings. The van der Waals surface area contributed by atoms with Crippen LogP contribution in [0.1, 0.15) is 16.1 Å². The van der Waals surface area contributed by atoms with E-state index in [1.165, 1.54) is 13.4 Å². The largest absolute Gasteiger partial charge is 0.495 e. The molecular formula is C17H14Cl2N4O3. The molecule has 134 valence electrons. The number of rotatable bonds is 4. The summed E-state index contributed by atoms with van der Waals surface area (Å²) in [5.41, 5.74) is 7.99. The summed E-state index contributed by atoms with van der Waals surface area (Å²) in [5, 5.41) is 7.11. The van der Waals surface area contributed by atoms with Crippen molar-refractivity contribution in [2.75, 3.05) is 18.2 Å². The lowest BCUT2D eigenvalue weighted by Gasteiger charge is -2.12. The molecule has 0 radical (unpaired) electrons. The molecule has 0 unspecified atom stereocenters. The molecule has 0 saturated carbocycles. The van der Waals surface area contributed by atoms with Gasteiger partial charge in [0.1, 0.15) is 29.2 Å². The zero-order valence-corrected chi connectivity index (χ0v) is 15.4. The van der Waals surface area contributed by atoms with Crippen LogP contribution < -0.4 is 15.8 Å². The number of carbonyl (C=O) groups is 1. The normalized spacial score (nSPS) is 10.6. The van der Waals surface area contributed by atoms with Gasteiger partial charge in [0.2, 0.25) is 0 Å². The maximum absolute atomic E-state index is 12.2. The summed E-state index contributed by atoms with van der Waals surface area (Å²) in [7, 11) is 1.49. The number of pyridine rings is 1. The average Bonchev–Trinajstić information content (AvgIpc) is 3.03. The number of amides is 1. The van der Waals surface area contributed by atoms with Gasteiger partial charge in [0.15, 0.2) is 0 Å². The lowest BCUT2D eigenvalue weighted by molar-refractivity contribution is 0.102. The summed E-state index contributed by atoms with van der Waals surface area (Å²) in [4.78, 5) is 16.4. The summed E-state index contributed by atoms with van der Waals surface area (Å²) in [6.45, 7) is 1.66. The van der Waals surface area contributed by atoms with Crippen LogP contribution >= 0.6 is 23.2 Å². The number of aromatic nitrogens is 2. The Bertz CT molecular complexity index is 988. The molecule has 0 aliphatic heterocycles. The van der Waals surface area contributed by atoms with Crippen LogP contribution in [0.2, 0.25) is 10.0 Å². The Morgan fingerprint density at radius 3 is 2.65 bits per heavy atom. The summed E-state index contributed by atoms with van der Waals surface area (Å²) in [6.07, 6.45) is 1.26. The highest BCUT2D eigenvalue weighted by Crippen LogP contribution is 2.40. The van der Waals surface area contributed by atoms with Crippen molar-refractivity contribution in [3.63, 3.8) is 0 Å². The third kappa shape index (κ3) is 3.44. The van der Waals surface area contributed by atoms with Gasteiger partial charge < -0.3 is 20.3 Å². The number of nitrogens with two attached hydrogens (primary N) is 1. The van der Waals surface area contributed by atoms with Gasteiger partial charge in [-0.2, -0.15) is 0 Å². The van der Waals surface area contributed by atoms with Crippen molar-refractivity contribution < 1.29 is 14.1 Å². The van der Waals surface area contributed by atoms with Crippen molar-refractivity contribution in [2.45, 2.75) is 6.92 Å². The second kappa shape index (κ2) is 7.23. The summed E-state index contributed by atoms with van der Waals surface area (Å²) in [5.74, 6) is 0.484. The molecule has 0 saturated heterocycles. The van der Waals surface area contributed by atoms with Crippen LogP contribution in [0.5, 0.6) is 5.75 Å². The minimum Gasteiger partial charge on any atom is -0.495 e. The lowest BCUT2D eigenvalue weighted by atomic mass is 10.1. The summed E-state index contributed by atoms with van der Waals surface area (Å²) >= 11 is 12.4. The van der Waals surface area contributed by atoms with Crippen molar-refractivity contribution in [2.24, 2.45) is 0 Å². The maximum Gasteiger partial charge on any atom is 0.262 e. The van der Waals surface area contributed by atoms with Crippen molar-refractivity contribution in [3.05, 3.63) is 51.8 Å². The number of nitrogens with zero attached hydrogens (tertiary/aromatic N) is 2. The molecule has 0 aliphatic rings. The SMILES string of the molecule is COc1cc(Cl)cc(-c2ccc(NC(=O)c3conc3C)nc2N)c1Cl.